The number of morpholine rings is 1. The molecule has 1 N–H and O–H groups in total. The Morgan fingerprint density at radius 1 is 1.23 bits per heavy atom. The number of ether oxygens (including phenoxy) is 3. The fourth-order valence-electron chi connectivity index (χ4n) is 3.41. The lowest BCUT2D eigenvalue weighted by molar-refractivity contribution is -0.0406. The van der Waals surface area contributed by atoms with Gasteiger partial charge in [0.05, 0.1) is 23.8 Å². The molecule has 0 amide bonds. The van der Waals surface area contributed by atoms with E-state index in [2.05, 4.69) is 43.2 Å². The highest BCUT2D eigenvalue weighted by Crippen LogP contribution is 2.36. The van der Waals surface area contributed by atoms with Crippen molar-refractivity contribution < 1.29 is 14.2 Å². The highest BCUT2D eigenvalue weighted by Gasteiger charge is 2.20. The Labute approximate surface area is 194 Å². The van der Waals surface area contributed by atoms with Crippen LogP contribution in [0.3, 0.4) is 0 Å². The van der Waals surface area contributed by atoms with Gasteiger partial charge in [0.15, 0.2) is 11.5 Å². The van der Waals surface area contributed by atoms with E-state index in [1.807, 2.05) is 37.3 Å². The number of hydrogen-bond acceptors (Lipinski definition) is 7. The van der Waals surface area contributed by atoms with Gasteiger partial charge in [-0.15, -0.1) is 0 Å². The zero-order valence-corrected chi connectivity index (χ0v) is 19.7. The van der Waals surface area contributed by atoms with E-state index >= 15 is 0 Å². The maximum absolute atomic E-state index is 6.22. The molecule has 0 aliphatic carbocycles. The first-order valence-electron chi connectivity index (χ1n) is 10.1. The van der Waals surface area contributed by atoms with E-state index in [1.165, 1.54) is 6.33 Å². The summed E-state index contributed by atoms with van der Waals surface area (Å²) < 4.78 is 18.6. The van der Waals surface area contributed by atoms with Crippen molar-refractivity contribution in [1.29, 1.82) is 0 Å². The minimum Gasteiger partial charge on any atom is -0.490 e. The summed E-state index contributed by atoms with van der Waals surface area (Å²) in [5.41, 5.74) is 1.57. The standard InChI is InChI=1S/C22H24BrClN4O3/c1-3-29-20-9-16-19(10-21(20)31-12-15-11-28(2)6-7-30-15)25-13-26-22(16)27-14-4-5-17(23)18(24)8-14/h4-5,8-10,13,15H,3,6-7,11-12H2,1-2H3,(H,25,26,27). The lowest BCUT2D eigenvalue weighted by atomic mass is 10.2. The SMILES string of the molecule is CCOc1cc2c(Nc3ccc(Br)c(Cl)c3)ncnc2cc1OCC1CN(C)CCO1. The second-order valence-electron chi connectivity index (χ2n) is 7.29. The van der Waals surface area contributed by atoms with Gasteiger partial charge < -0.3 is 24.4 Å². The summed E-state index contributed by atoms with van der Waals surface area (Å²) in [5, 5.41) is 4.75. The van der Waals surface area contributed by atoms with Crippen LogP contribution in [-0.2, 0) is 4.74 Å². The number of rotatable bonds is 7. The number of nitrogens with one attached hydrogen (secondary N) is 1. The third-order valence-electron chi connectivity index (χ3n) is 4.95. The molecule has 1 saturated heterocycles. The van der Waals surface area contributed by atoms with Crippen LogP contribution in [0.1, 0.15) is 6.92 Å². The second kappa shape index (κ2) is 9.99. The predicted molar refractivity (Wildman–Crippen MR) is 126 cm³/mol. The Bertz CT molecular complexity index is 1070. The van der Waals surface area contributed by atoms with E-state index in [9.17, 15) is 0 Å². The molecule has 2 aromatic carbocycles. The number of hydrogen-bond donors (Lipinski definition) is 1. The van der Waals surface area contributed by atoms with Gasteiger partial charge >= 0.3 is 0 Å². The first kappa shape index (κ1) is 22.1. The number of halogens is 2. The summed E-state index contributed by atoms with van der Waals surface area (Å²) in [6.45, 7) is 5.39. The van der Waals surface area contributed by atoms with E-state index in [-0.39, 0.29) is 6.10 Å². The molecule has 0 saturated carbocycles. The fraction of sp³-hybridized carbons (Fsp3) is 0.364. The van der Waals surface area contributed by atoms with Crippen molar-refractivity contribution in [2.45, 2.75) is 13.0 Å². The van der Waals surface area contributed by atoms with Gasteiger partial charge in [-0.3, -0.25) is 0 Å². The second-order valence-corrected chi connectivity index (χ2v) is 8.55. The molecular formula is C22H24BrClN4O3. The molecule has 1 aliphatic rings. The molecule has 1 fully saturated rings. The lowest BCUT2D eigenvalue weighted by Gasteiger charge is -2.30. The molecule has 7 nitrogen and oxygen atoms in total. The van der Waals surface area contributed by atoms with Crippen LogP contribution in [0.5, 0.6) is 11.5 Å². The highest BCUT2D eigenvalue weighted by molar-refractivity contribution is 9.10. The van der Waals surface area contributed by atoms with Gasteiger partial charge in [0, 0.05) is 34.7 Å². The molecule has 164 valence electrons. The average Bonchev–Trinajstić information content (AvgIpc) is 2.75. The van der Waals surface area contributed by atoms with E-state index in [0.717, 1.165) is 34.2 Å². The first-order chi connectivity index (χ1) is 15.0. The van der Waals surface area contributed by atoms with Crippen LogP contribution in [-0.4, -0.2) is 60.9 Å². The van der Waals surface area contributed by atoms with E-state index in [0.29, 0.717) is 42.2 Å². The van der Waals surface area contributed by atoms with Crippen molar-refractivity contribution in [2.75, 3.05) is 45.3 Å². The van der Waals surface area contributed by atoms with Crippen molar-refractivity contribution in [3.05, 3.63) is 46.2 Å². The zero-order valence-electron chi connectivity index (χ0n) is 17.4. The van der Waals surface area contributed by atoms with Crippen LogP contribution in [0.4, 0.5) is 11.5 Å². The number of benzene rings is 2. The quantitative estimate of drug-likeness (QED) is 0.488. The van der Waals surface area contributed by atoms with Crippen molar-refractivity contribution in [1.82, 2.24) is 14.9 Å². The van der Waals surface area contributed by atoms with E-state index in [1.54, 1.807) is 0 Å². The summed E-state index contributed by atoms with van der Waals surface area (Å²) in [5.74, 6) is 1.95. The molecular weight excluding hydrogens is 484 g/mol. The molecule has 4 rings (SSSR count). The van der Waals surface area contributed by atoms with Crippen LogP contribution < -0.4 is 14.8 Å². The minimum absolute atomic E-state index is 0.0219. The van der Waals surface area contributed by atoms with Gasteiger partial charge in [-0.2, -0.15) is 0 Å². The molecule has 2 heterocycles. The highest BCUT2D eigenvalue weighted by atomic mass is 79.9. The van der Waals surface area contributed by atoms with Gasteiger partial charge in [-0.25, -0.2) is 9.97 Å². The Morgan fingerprint density at radius 3 is 2.84 bits per heavy atom. The monoisotopic (exact) mass is 506 g/mol. The topological polar surface area (TPSA) is 68.7 Å². The van der Waals surface area contributed by atoms with Crippen molar-refractivity contribution in [2.24, 2.45) is 0 Å². The summed E-state index contributed by atoms with van der Waals surface area (Å²) in [6, 6.07) is 9.43. The Morgan fingerprint density at radius 2 is 2.06 bits per heavy atom. The Hall–Kier alpha value is -2.13. The molecule has 31 heavy (non-hydrogen) atoms. The molecule has 1 aromatic heterocycles. The van der Waals surface area contributed by atoms with Gasteiger partial charge in [-0.05, 0) is 54.2 Å². The maximum atomic E-state index is 6.22. The van der Waals surface area contributed by atoms with Gasteiger partial charge in [-0.1, -0.05) is 11.6 Å². The smallest absolute Gasteiger partial charge is 0.163 e. The van der Waals surface area contributed by atoms with Gasteiger partial charge in [0.2, 0.25) is 0 Å². The van der Waals surface area contributed by atoms with E-state index in [4.69, 9.17) is 25.8 Å². The van der Waals surface area contributed by atoms with Crippen LogP contribution >= 0.6 is 27.5 Å². The molecule has 1 atom stereocenters. The summed E-state index contributed by atoms with van der Waals surface area (Å²) in [6.07, 6.45) is 1.54. The number of anilines is 2. The van der Waals surface area contributed by atoms with Crippen LogP contribution in [0.15, 0.2) is 41.1 Å². The first-order valence-corrected chi connectivity index (χ1v) is 11.3. The molecule has 1 aliphatic heterocycles. The number of nitrogens with zero attached hydrogens (tertiary/aromatic N) is 3. The van der Waals surface area contributed by atoms with E-state index < -0.39 is 0 Å². The van der Waals surface area contributed by atoms with Crippen LogP contribution in [0.25, 0.3) is 10.9 Å². The normalized spacial score (nSPS) is 17.0. The van der Waals surface area contributed by atoms with Crippen LogP contribution in [0.2, 0.25) is 5.02 Å². The molecule has 0 bridgehead atoms. The predicted octanol–water partition coefficient (Wildman–Crippen LogP) is 4.90. The van der Waals surface area contributed by atoms with Gasteiger partial charge in [0.1, 0.15) is 24.9 Å². The number of aromatic nitrogens is 2. The Balaban J connectivity index is 1.61. The van der Waals surface area contributed by atoms with Crippen molar-refractivity contribution >= 4 is 49.9 Å². The molecule has 9 heteroatoms. The largest absolute Gasteiger partial charge is 0.490 e. The lowest BCUT2D eigenvalue weighted by Crippen LogP contribution is -2.42. The summed E-state index contributed by atoms with van der Waals surface area (Å²) in [7, 11) is 2.08. The Kier molecular flexibility index (Phi) is 7.12. The molecule has 3 aromatic rings. The third-order valence-corrected chi connectivity index (χ3v) is 6.18. The fourth-order valence-corrected chi connectivity index (χ4v) is 3.83. The molecule has 0 spiro atoms. The molecule has 1 unspecified atom stereocenters. The minimum atomic E-state index is 0.0219. The number of likely N-dealkylation sites (N-methyl/N-ethyl adjacent to an activating group) is 1. The van der Waals surface area contributed by atoms with Crippen molar-refractivity contribution in [3.8, 4) is 11.5 Å². The summed E-state index contributed by atoms with van der Waals surface area (Å²) >= 11 is 9.63. The van der Waals surface area contributed by atoms with Crippen LogP contribution in [0, 0.1) is 0 Å². The molecule has 0 radical (unpaired) electrons. The summed E-state index contributed by atoms with van der Waals surface area (Å²) in [4.78, 5) is 11.1. The zero-order chi connectivity index (χ0) is 21.8. The van der Waals surface area contributed by atoms with Crippen molar-refractivity contribution in [3.63, 3.8) is 0 Å². The number of fused-ring (bicyclic) bond motifs is 1. The van der Waals surface area contributed by atoms with Gasteiger partial charge in [0.25, 0.3) is 0 Å². The third kappa shape index (κ3) is 5.38. The maximum Gasteiger partial charge on any atom is 0.163 e. The average molecular weight is 508 g/mol.